The fourth-order valence-electron chi connectivity index (χ4n) is 2.69. The highest BCUT2D eigenvalue weighted by Crippen LogP contribution is 2.42. The summed E-state index contributed by atoms with van der Waals surface area (Å²) in [6.07, 6.45) is -2.88. The number of hydrogen-bond acceptors (Lipinski definition) is 7. The van der Waals surface area contributed by atoms with Crippen molar-refractivity contribution in [2.45, 2.75) is 43.7 Å². The molecule has 2 fully saturated rings. The molecular formula is C16H17NO6. The second kappa shape index (κ2) is 5.58. The first kappa shape index (κ1) is 15.9. The molecule has 7 heteroatoms. The molecule has 2 aliphatic rings. The molecule has 23 heavy (non-hydrogen) atoms. The maximum Gasteiger partial charge on any atom is 0.338 e. The smallest absolute Gasteiger partial charge is 0.338 e. The molecule has 3 rings (SSSR count). The maximum absolute atomic E-state index is 11.9. The molecule has 122 valence electrons. The summed E-state index contributed by atoms with van der Waals surface area (Å²) in [5.41, 5.74) is -1.57. The molecule has 0 bridgehead atoms. The highest BCUT2D eigenvalue weighted by Gasteiger charge is 2.64. The lowest BCUT2D eigenvalue weighted by Gasteiger charge is -2.27. The molecule has 0 unspecified atom stereocenters. The number of carbonyl (C=O) groups excluding carboxylic acids is 1. The normalized spacial score (nSPS) is 34.6. The van der Waals surface area contributed by atoms with Crippen molar-refractivity contribution in [1.82, 2.24) is 0 Å². The van der Waals surface area contributed by atoms with E-state index in [0.29, 0.717) is 5.56 Å². The van der Waals surface area contributed by atoms with Gasteiger partial charge in [0.25, 0.3) is 0 Å². The van der Waals surface area contributed by atoms with E-state index in [0.717, 1.165) is 0 Å². The van der Waals surface area contributed by atoms with E-state index in [1.807, 2.05) is 0 Å². The van der Waals surface area contributed by atoms with E-state index in [2.05, 4.69) is 0 Å². The van der Waals surface area contributed by atoms with Crippen molar-refractivity contribution in [3.63, 3.8) is 0 Å². The molecule has 1 aromatic rings. The zero-order chi connectivity index (χ0) is 16.7. The van der Waals surface area contributed by atoms with Gasteiger partial charge in [-0.15, -0.1) is 0 Å². The Morgan fingerprint density at radius 1 is 1.35 bits per heavy atom. The molecule has 0 amide bonds. The Bertz CT molecular complexity index is 640. The maximum atomic E-state index is 11.9. The zero-order valence-corrected chi connectivity index (χ0v) is 12.8. The van der Waals surface area contributed by atoms with Gasteiger partial charge in [-0.05, 0) is 26.0 Å². The zero-order valence-electron chi connectivity index (χ0n) is 12.8. The van der Waals surface area contributed by atoms with Gasteiger partial charge < -0.3 is 24.1 Å². The van der Waals surface area contributed by atoms with Crippen LogP contribution in [0, 0.1) is 11.3 Å². The second-order valence-electron chi connectivity index (χ2n) is 5.95. The van der Waals surface area contributed by atoms with Gasteiger partial charge >= 0.3 is 5.97 Å². The van der Waals surface area contributed by atoms with Gasteiger partial charge in [-0.2, -0.15) is 5.26 Å². The topological polar surface area (TPSA) is 98.0 Å². The molecular weight excluding hydrogens is 302 g/mol. The number of carbonyl (C=O) groups is 1. The minimum Gasteiger partial charge on any atom is -0.459 e. The molecule has 0 spiro atoms. The van der Waals surface area contributed by atoms with E-state index < -0.39 is 35.9 Å². The lowest BCUT2D eigenvalue weighted by atomic mass is 9.94. The minimum atomic E-state index is -1.95. The van der Waals surface area contributed by atoms with Crippen LogP contribution >= 0.6 is 0 Å². The lowest BCUT2D eigenvalue weighted by Crippen LogP contribution is -2.49. The minimum absolute atomic E-state index is 0.280. The predicted octanol–water partition coefficient (Wildman–Crippen LogP) is 0.974. The van der Waals surface area contributed by atoms with Crippen molar-refractivity contribution in [1.29, 1.82) is 5.26 Å². The van der Waals surface area contributed by atoms with Crippen LogP contribution in [0.25, 0.3) is 0 Å². The van der Waals surface area contributed by atoms with E-state index in [4.69, 9.17) is 18.9 Å². The van der Waals surface area contributed by atoms with Crippen LogP contribution in [-0.4, -0.2) is 47.6 Å². The number of rotatable bonds is 3. The number of ether oxygens (including phenoxy) is 4. The lowest BCUT2D eigenvalue weighted by molar-refractivity contribution is -0.226. The summed E-state index contributed by atoms with van der Waals surface area (Å²) >= 11 is 0. The molecule has 0 saturated carbocycles. The molecule has 2 heterocycles. The molecule has 1 aromatic carbocycles. The van der Waals surface area contributed by atoms with Crippen LogP contribution in [0.2, 0.25) is 0 Å². The molecule has 4 atom stereocenters. The third kappa shape index (κ3) is 2.82. The van der Waals surface area contributed by atoms with E-state index in [9.17, 15) is 15.2 Å². The molecule has 2 aliphatic heterocycles. The van der Waals surface area contributed by atoms with E-state index in [1.54, 1.807) is 50.2 Å². The summed E-state index contributed by atoms with van der Waals surface area (Å²) in [6, 6.07) is 10.2. The summed E-state index contributed by atoms with van der Waals surface area (Å²) in [6.45, 7) is 3.05. The quantitative estimate of drug-likeness (QED) is 0.655. The van der Waals surface area contributed by atoms with Gasteiger partial charge in [0.2, 0.25) is 5.60 Å². The van der Waals surface area contributed by atoms with Crippen LogP contribution in [-0.2, 0) is 18.9 Å². The summed E-state index contributed by atoms with van der Waals surface area (Å²) in [4.78, 5) is 11.9. The number of nitrogens with zero attached hydrogens (tertiary/aromatic N) is 1. The largest absolute Gasteiger partial charge is 0.459 e. The fourth-order valence-corrected chi connectivity index (χ4v) is 2.69. The monoisotopic (exact) mass is 319 g/mol. The van der Waals surface area contributed by atoms with Gasteiger partial charge in [-0.3, -0.25) is 0 Å². The average Bonchev–Trinajstić information content (AvgIpc) is 2.97. The Morgan fingerprint density at radius 3 is 2.70 bits per heavy atom. The Kier molecular flexibility index (Phi) is 3.86. The van der Waals surface area contributed by atoms with E-state index in [1.165, 1.54) is 0 Å². The number of hydrogen-bond donors (Lipinski definition) is 1. The van der Waals surface area contributed by atoms with Crippen molar-refractivity contribution in [2.75, 3.05) is 6.61 Å². The number of nitriles is 1. The second-order valence-corrected chi connectivity index (χ2v) is 5.95. The molecule has 0 radical (unpaired) electrons. The SMILES string of the molecule is CC1(C)O[C@H]2O[C@H](COC(=O)c3ccccc3)[C@@](O)(C#N)[C@H]2O1. The van der Waals surface area contributed by atoms with Crippen LogP contribution in [0.3, 0.4) is 0 Å². The molecule has 0 aliphatic carbocycles. The van der Waals surface area contributed by atoms with Gasteiger partial charge in [0.05, 0.1) is 5.56 Å². The van der Waals surface area contributed by atoms with E-state index >= 15 is 0 Å². The van der Waals surface area contributed by atoms with Crippen molar-refractivity contribution in [3.8, 4) is 6.07 Å². The van der Waals surface area contributed by atoms with Crippen LogP contribution < -0.4 is 0 Å². The van der Waals surface area contributed by atoms with Gasteiger partial charge in [-0.1, -0.05) is 18.2 Å². The fraction of sp³-hybridized carbons (Fsp3) is 0.500. The Hall–Kier alpha value is -1.98. The predicted molar refractivity (Wildman–Crippen MR) is 76.0 cm³/mol. The summed E-state index contributed by atoms with van der Waals surface area (Å²) in [5.74, 6) is -1.51. The van der Waals surface area contributed by atoms with Crippen LogP contribution in [0.1, 0.15) is 24.2 Å². The van der Waals surface area contributed by atoms with Crippen molar-refractivity contribution in [2.24, 2.45) is 0 Å². The first-order chi connectivity index (χ1) is 10.9. The Balaban J connectivity index is 1.68. The molecule has 2 saturated heterocycles. The Labute approximate surface area is 133 Å². The van der Waals surface area contributed by atoms with Gasteiger partial charge in [0, 0.05) is 0 Å². The highest BCUT2D eigenvalue weighted by molar-refractivity contribution is 5.89. The number of benzene rings is 1. The van der Waals surface area contributed by atoms with Crippen LogP contribution in [0.15, 0.2) is 30.3 Å². The summed E-state index contributed by atoms with van der Waals surface area (Å²) in [5, 5.41) is 19.9. The first-order valence-electron chi connectivity index (χ1n) is 7.22. The van der Waals surface area contributed by atoms with Crippen molar-refractivity contribution in [3.05, 3.63) is 35.9 Å². The number of fused-ring (bicyclic) bond motifs is 1. The van der Waals surface area contributed by atoms with Crippen molar-refractivity contribution < 1.29 is 28.8 Å². The van der Waals surface area contributed by atoms with E-state index in [-0.39, 0.29) is 6.61 Å². The van der Waals surface area contributed by atoms with Gasteiger partial charge in [0.1, 0.15) is 18.8 Å². The van der Waals surface area contributed by atoms with Gasteiger partial charge in [-0.25, -0.2) is 4.79 Å². The standard InChI is InChI=1S/C16H17NO6/c1-15(2)22-12-14(23-15)21-11(16(12,19)9-17)8-20-13(18)10-6-4-3-5-7-10/h3-7,11-12,14,19H,8H2,1-2H3/t11-,12+,14-,16+/m1/s1. The van der Waals surface area contributed by atoms with Gasteiger partial charge in [0.15, 0.2) is 18.2 Å². The third-order valence-corrected chi connectivity index (χ3v) is 3.84. The summed E-state index contributed by atoms with van der Waals surface area (Å²) < 4.78 is 21.7. The number of aliphatic hydroxyl groups is 1. The third-order valence-electron chi connectivity index (χ3n) is 3.84. The summed E-state index contributed by atoms with van der Waals surface area (Å²) in [7, 11) is 0. The highest BCUT2D eigenvalue weighted by atomic mass is 16.8. The number of esters is 1. The van der Waals surface area contributed by atoms with Crippen molar-refractivity contribution >= 4 is 5.97 Å². The molecule has 1 N–H and O–H groups in total. The van der Waals surface area contributed by atoms with Crippen LogP contribution in [0.5, 0.6) is 0 Å². The Morgan fingerprint density at radius 2 is 2.04 bits per heavy atom. The molecule has 0 aromatic heterocycles. The first-order valence-corrected chi connectivity index (χ1v) is 7.22. The molecule has 7 nitrogen and oxygen atoms in total. The average molecular weight is 319 g/mol. The van der Waals surface area contributed by atoms with Crippen LogP contribution in [0.4, 0.5) is 0 Å².